The molecule has 1 aromatic rings. The van der Waals surface area contributed by atoms with E-state index in [0.29, 0.717) is 18.5 Å². The molecule has 0 spiro atoms. The summed E-state index contributed by atoms with van der Waals surface area (Å²) in [5.41, 5.74) is 0.556. The van der Waals surface area contributed by atoms with Crippen LogP contribution < -0.4 is 5.32 Å². The second-order valence-corrected chi connectivity index (χ2v) is 4.41. The van der Waals surface area contributed by atoms with Gasteiger partial charge in [-0.2, -0.15) is 5.26 Å². The largest absolute Gasteiger partial charge is 0.356 e. The summed E-state index contributed by atoms with van der Waals surface area (Å²) in [5.74, 6) is -0.457. The molecule has 0 aromatic heterocycles. The van der Waals surface area contributed by atoms with Gasteiger partial charge in [-0.1, -0.05) is 15.9 Å². The molecule has 3 nitrogen and oxygen atoms in total. The van der Waals surface area contributed by atoms with Crippen molar-refractivity contribution in [2.24, 2.45) is 0 Å². The number of halogens is 2. The molecule has 1 N–H and O–H groups in total. The molecule has 17 heavy (non-hydrogen) atoms. The van der Waals surface area contributed by atoms with Gasteiger partial charge in [-0.15, -0.1) is 0 Å². The van der Waals surface area contributed by atoms with Crippen molar-refractivity contribution in [3.63, 3.8) is 0 Å². The summed E-state index contributed by atoms with van der Waals surface area (Å²) in [6.45, 7) is 0.373. The summed E-state index contributed by atoms with van der Waals surface area (Å²) in [6.07, 6.45) is 0.831. The lowest BCUT2D eigenvalue weighted by atomic mass is 10.1. The SMILES string of the molecule is N#CCCC(=O)NCCc1cc(Br)ccc1F. The maximum Gasteiger partial charge on any atom is 0.221 e. The molecule has 0 saturated carbocycles. The van der Waals surface area contributed by atoms with Crippen LogP contribution in [-0.2, 0) is 11.2 Å². The second-order valence-electron chi connectivity index (χ2n) is 3.49. The van der Waals surface area contributed by atoms with E-state index < -0.39 is 0 Å². The van der Waals surface area contributed by atoms with Gasteiger partial charge in [0, 0.05) is 23.9 Å². The Labute approximate surface area is 108 Å². The zero-order valence-corrected chi connectivity index (χ0v) is 10.8. The fourth-order valence-electron chi connectivity index (χ4n) is 1.33. The lowest BCUT2D eigenvalue weighted by Gasteiger charge is -2.05. The molecule has 1 rings (SSSR count). The molecule has 0 atom stereocenters. The third kappa shape index (κ3) is 4.96. The van der Waals surface area contributed by atoms with Crippen LogP contribution in [0.2, 0.25) is 0 Å². The predicted octanol–water partition coefficient (Wildman–Crippen LogP) is 2.55. The number of amides is 1. The summed E-state index contributed by atoms with van der Waals surface area (Å²) in [5, 5.41) is 10.9. The van der Waals surface area contributed by atoms with Crippen LogP contribution in [0.15, 0.2) is 22.7 Å². The van der Waals surface area contributed by atoms with Crippen molar-refractivity contribution >= 4 is 21.8 Å². The smallest absolute Gasteiger partial charge is 0.221 e. The van der Waals surface area contributed by atoms with Crippen LogP contribution in [0.4, 0.5) is 4.39 Å². The van der Waals surface area contributed by atoms with Gasteiger partial charge >= 0.3 is 0 Å². The van der Waals surface area contributed by atoms with E-state index in [1.54, 1.807) is 12.1 Å². The number of hydrogen-bond acceptors (Lipinski definition) is 2. The molecule has 0 radical (unpaired) electrons. The molecule has 0 aliphatic carbocycles. The van der Waals surface area contributed by atoms with E-state index in [2.05, 4.69) is 21.2 Å². The maximum atomic E-state index is 13.3. The van der Waals surface area contributed by atoms with Gasteiger partial charge in [0.15, 0.2) is 0 Å². The fourth-order valence-corrected chi connectivity index (χ4v) is 1.74. The lowest BCUT2D eigenvalue weighted by molar-refractivity contribution is -0.120. The van der Waals surface area contributed by atoms with Crippen molar-refractivity contribution in [1.29, 1.82) is 5.26 Å². The highest BCUT2D eigenvalue weighted by atomic mass is 79.9. The van der Waals surface area contributed by atoms with Crippen molar-refractivity contribution in [1.82, 2.24) is 5.32 Å². The van der Waals surface area contributed by atoms with Gasteiger partial charge in [-0.05, 0) is 30.2 Å². The number of carbonyl (C=O) groups excluding carboxylic acids is 1. The molecule has 5 heteroatoms. The topological polar surface area (TPSA) is 52.9 Å². The summed E-state index contributed by atoms with van der Waals surface area (Å²) in [4.78, 5) is 11.2. The molecule has 0 aliphatic rings. The van der Waals surface area contributed by atoms with Gasteiger partial charge in [0.25, 0.3) is 0 Å². The van der Waals surface area contributed by atoms with Crippen LogP contribution >= 0.6 is 15.9 Å². The van der Waals surface area contributed by atoms with E-state index in [0.717, 1.165) is 4.47 Å². The minimum atomic E-state index is -0.278. The Morgan fingerprint density at radius 3 is 3.00 bits per heavy atom. The molecule has 90 valence electrons. The van der Waals surface area contributed by atoms with Crippen LogP contribution in [-0.4, -0.2) is 12.5 Å². The fraction of sp³-hybridized carbons (Fsp3) is 0.333. The van der Waals surface area contributed by atoms with E-state index in [9.17, 15) is 9.18 Å². The van der Waals surface area contributed by atoms with E-state index >= 15 is 0 Å². The Hall–Kier alpha value is -1.41. The maximum absolute atomic E-state index is 13.3. The zero-order valence-electron chi connectivity index (χ0n) is 9.17. The quantitative estimate of drug-likeness (QED) is 0.908. The Morgan fingerprint density at radius 2 is 2.29 bits per heavy atom. The average Bonchev–Trinajstić information content (AvgIpc) is 2.31. The number of rotatable bonds is 5. The molecule has 0 aliphatic heterocycles. The summed E-state index contributed by atoms with van der Waals surface area (Å²) >= 11 is 3.26. The molecule has 1 aromatic carbocycles. The van der Waals surface area contributed by atoms with Crippen molar-refractivity contribution < 1.29 is 9.18 Å². The molecular formula is C12H12BrFN2O. The lowest BCUT2D eigenvalue weighted by Crippen LogP contribution is -2.25. The molecule has 0 fully saturated rings. The molecule has 0 bridgehead atoms. The first-order valence-electron chi connectivity index (χ1n) is 5.21. The van der Waals surface area contributed by atoms with Gasteiger partial charge in [-0.25, -0.2) is 4.39 Å². The summed E-state index contributed by atoms with van der Waals surface area (Å²) in [6, 6.07) is 6.60. The molecule has 0 saturated heterocycles. The highest BCUT2D eigenvalue weighted by Gasteiger charge is 2.04. The number of nitriles is 1. The summed E-state index contributed by atoms with van der Waals surface area (Å²) in [7, 11) is 0. The Bertz CT molecular complexity index is 443. The Kier molecular flexibility index (Phi) is 5.64. The number of nitrogens with one attached hydrogen (secondary N) is 1. The standard InChI is InChI=1S/C12H12BrFN2O/c13-10-3-4-11(14)9(8-10)5-7-16-12(17)2-1-6-15/h3-4,8H,1-2,5,7H2,(H,16,17). The van der Waals surface area contributed by atoms with Crippen molar-refractivity contribution in [2.75, 3.05) is 6.54 Å². The predicted molar refractivity (Wildman–Crippen MR) is 65.7 cm³/mol. The second kappa shape index (κ2) is 7.02. The van der Waals surface area contributed by atoms with Gasteiger partial charge in [0.2, 0.25) is 5.91 Å². The van der Waals surface area contributed by atoms with Gasteiger partial charge < -0.3 is 5.32 Å². The number of benzene rings is 1. The van der Waals surface area contributed by atoms with E-state index in [4.69, 9.17) is 5.26 Å². The number of carbonyl (C=O) groups is 1. The minimum absolute atomic E-state index is 0.179. The van der Waals surface area contributed by atoms with E-state index in [1.165, 1.54) is 6.07 Å². The molecule has 0 heterocycles. The number of hydrogen-bond donors (Lipinski definition) is 1. The van der Waals surface area contributed by atoms with Crippen molar-refractivity contribution in [2.45, 2.75) is 19.3 Å². The first-order valence-corrected chi connectivity index (χ1v) is 6.00. The minimum Gasteiger partial charge on any atom is -0.356 e. The molecule has 1 amide bonds. The van der Waals surface area contributed by atoms with Crippen molar-refractivity contribution in [3.05, 3.63) is 34.1 Å². The third-order valence-corrected chi connectivity index (χ3v) is 2.68. The first kappa shape index (κ1) is 13.7. The van der Waals surface area contributed by atoms with Crippen LogP contribution in [0.1, 0.15) is 18.4 Å². The van der Waals surface area contributed by atoms with Crippen molar-refractivity contribution in [3.8, 4) is 6.07 Å². The highest BCUT2D eigenvalue weighted by Crippen LogP contribution is 2.15. The van der Waals surface area contributed by atoms with Gasteiger partial charge in [0.1, 0.15) is 5.82 Å². The van der Waals surface area contributed by atoms with Crippen LogP contribution in [0.25, 0.3) is 0 Å². The monoisotopic (exact) mass is 298 g/mol. The normalized spacial score (nSPS) is 9.71. The van der Waals surface area contributed by atoms with Crippen LogP contribution in [0, 0.1) is 17.1 Å². The Balaban J connectivity index is 2.38. The third-order valence-electron chi connectivity index (χ3n) is 2.19. The highest BCUT2D eigenvalue weighted by molar-refractivity contribution is 9.10. The first-order chi connectivity index (χ1) is 8.13. The molecule has 0 unspecified atom stereocenters. The molecular weight excluding hydrogens is 287 g/mol. The van der Waals surface area contributed by atoms with Crippen LogP contribution in [0.3, 0.4) is 0 Å². The Morgan fingerprint density at radius 1 is 1.53 bits per heavy atom. The van der Waals surface area contributed by atoms with Gasteiger partial charge in [0.05, 0.1) is 6.07 Å². The van der Waals surface area contributed by atoms with E-state index in [-0.39, 0.29) is 24.6 Å². The average molecular weight is 299 g/mol. The zero-order chi connectivity index (χ0) is 12.7. The van der Waals surface area contributed by atoms with Gasteiger partial charge in [-0.3, -0.25) is 4.79 Å². The summed E-state index contributed by atoms with van der Waals surface area (Å²) < 4.78 is 14.1. The van der Waals surface area contributed by atoms with E-state index in [1.807, 2.05) is 6.07 Å². The van der Waals surface area contributed by atoms with Crippen LogP contribution in [0.5, 0.6) is 0 Å². The number of nitrogens with zero attached hydrogens (tertiary/aromatic N) is 1.